The molecule has 7 heteroatoms. The number of rotatable bonds is 8. The fourth-order valence-electron chi connectivity index (χ4n) is 1.67. The highest BCUT2D eigenvalue weighted by Crippen LogP contribution is 2.19. The average Bonchev–Trinajstić information content (AvgIpc) is 2.35. The lowest BCUT2D eigenvalue weighted by Gasteiger charge is -2.18. The van der Waals surface area contributed by atoms with Crippen molar-refractivity contribution in [3.05, 3.63) is 35.9 Å². The Kier molecular flexibility index (Phi) is 5.94. The molecule has 1 aromatic carbocycles. The fraction of sp³-hybridized carbons (Fsp3) is 0.417. The summed E-state index contributed by atoms with van der Waals surface area (Å²) in [5.41, 5.74) is 0.741. The third-order valence-corrected chi connectivity index (χ3v) is 3.74. The van der Waals surface area contributed by atoms with Crippen molar-refractivity contribution >= 4 is 16.2 Å². The van der Waals surface area contributed by atoms with E-state index in [-0.39, 0.29) is 19.4 Å². The van der Waals surface area contributed by atoms with Gasteiger partial charge in [-0.3, -0.25) is 4.79 Å². The van der Waals surface area contributed by atoms with Gasteiger partial charge in [0.25, 0.3) is 10.2 Å². The van der Waals surface area contributed by atoms with Gasteiger partial charge in [-0.05, 0) is 12.0 Å². The summed E-state index contributed by atoms with van der Waals surface area (Å²) < 4.78 is 28.2. The summed E-state index contributed by atoms with van der Waals surface area (Å²) in [6.07, 6.45) is 0.0954. The molecule has 0 amide bonds. The largest absolute Gasteiger partial charge is 0.481 e. The molecule has 0 aliphatic carbocycles. The van der Waals surface area contributed by atoms with E-state index in [1.54, 1.807) is 31.2 Å². The molecule has 106 valence electrons. The molecule has 3 N–H and O–H groups in total. The van der Waals surface area contributed by atoms with Crippen LogP contribution in [0.15, 0.2) is 30.3 Å². The van der Waals surface area contributed by atoms with Crippen LogP contribution >= 0.6 is 0 Å². The van der Waals surface area contributed by atoms with E-state index >= 15 is 0 Å². The fourth-order valence-corrected chi connectivity index (χ4v) is 2.76. The van der Waals surface area contributed by atoms with Gasteiger partial charge in [0.1, 0.15) is 0 Å². The Morgan fingerprint density at radius 3 is 2.47 bits per heavy atom. The van der Waals surface area contributed by atoms with E-state index in [0.29, 0.717) is 0 Å². The third kappa shape index (κ3) is 5.82. The molecule has 0 bridgehead atoms. The molecule has 0 fully saturated rings. The zero-order valence-electron chi connectivity index (χ0n) is 10.7. The lowest BCUT2D eigenvalue weighted by Crippen LogP contribution is -2.38. The highest BCUT2D eigenvalue weighted by atomic mass is 32.2. The minimum atomic E-state index is -3.62. The predicted molar refractivity (Wildman–Crippen MR) is 71.8 cm³/mol. The second kappa shape index (κ2) is 7.22. The molecule has 0 aliphatic heterocycles. The summed E-state index contributed by atoms with van der Waals surface area (Å²) in [5, 5.41) is 8.72. The number of carboxylic acid groups (broad SMARTS) is 1. The van der Waals surface area contributed by atoms with Crippen LogP contribution < -0.4 is 9.44 Å². The van der Waals surface area contributed by atoms with Gasteiger partial charge in [-0.2, -0.15) is 13.1 Å². The van der Waals surface area contributed by atoms with Gasteiger partial charge in [0.15, 0.2) is 0 Å². The monoisotopic (exact) mass is 286 g/mol. The highest BCUT2D eigenvalue weighted by molar-refractivity contribution is 7.87. The molecule has 0 radical (unpaired) electrons. The van der Waals surface area contributed by atoms with Crippen LogP contribution in [-0.4, -0.2) is 26.0 Å². The second-order valence-corrected chi connectivity index (χ2v) is 5.55. The molecule has 1 aromatic rings. The van der Waals surface area contributed by atoms with Crippen LogP contribution in [0.5, 0.6) is 0 Å². The van der Waals surface area contributed by atoms with Crippen molar-refractivity contribution in [2.24, 2.45) is 0 Å². The number of carbonyl (C=O) groups is 1. The molecule has 1 rings (SSSR count). The summed E-state index contributed by atoms with van der Waals surface area (Å²) in [7, 11) is -3.62. The molecule has 0 heterocycles. The van der Waals surface area contributed by atoms with Gasteiger partial charge < -0.3 is 5.11 Å². The van der Waals surface area contributed by atoms with Crippen molar-refractivity contribution in [3.63, 3.8) is 0 Å². The number of carboxylic acids is 1. The molecule has 0 saturated heterocycles. The van der Waals surface area contributed by atoms with Crippen LogP contribution in [0.2, 0.25) is 0 Å². The number of hydrogen-bond donors (Lipinski definition) is 3. The van der Waals surface area contributed by atoms with Crippen LogP contribution in [0.1, 0.15) is 31.4 Å². The molecule has 0 aliphatic rings. The van der Waals surface area contributed by atoms with Crippen molar-refractivity contribution in [2.75, 3.05) is 6.54 Å². The molecule has 0 spiro atoms. The maximum atomic E-state index is 11.7. The van der Waals surface area contributed by atoms with Crippen molar-refractivity contribution in [3.8, 4) is 0 Å². The smallest absolute Gasteiger partial charge is 0.303 e. The third-order valence-electron chi connectivity index (χ3n) is 2.48. The van der Waals surface area contributed by atoms with Gasteiger partial charge in [0.2, 0.25) is 0 Å². The van der Waals surface area contributed by atoms with Crippen LogP contribution in [-0.2, 0) is 15.0 Å². The molecular weight excluding hydrogens is 268 g/mol. The van der Waals surface area contributed by atoms with E-state index in [0.717, 1.165) is 5.56 Å². The van der Waals surface area contributed by atoms with Crippen LogP contribution in [0.3, 0.4) is 0 Å². The quantitative estimate of drug-likeness (QED) is 0.665. The van der Waals surface area contributed by atoms with E-state index in [1.165, 1.54) is 0 Å². The molecule has 1 atom stereocenters. The van der Waals surface area contributed by atoms with Crippen molar-refractivity contribution < 1.29 is 18.3 Å². The van der Waals surface area contributed by atoms with Crippen LogP contribution in [0.25, 0.3) is 0 Å². The maximum absolute atomic E-state index is 11.7. The lowest BCUT2D eigenvalue weighted by atomic mass is 10.0. The minimum absolute atomic E-state index is 0.103. The normalized spacial score (nSPS) is 13.1. The molecule has 0 saturated carbocycles. The van der Waals surface area contributed by atoms with Gasteiger partial charge in [-0.1, -0.05) is 37.3 Å². The molecule has 19 heavy (non-hydrogen) atoms. The number of benzene rings is 1. The summed E-state index contributed by atoms with van der Waals surface area (Å²) in [6, 6.07) is 8.36. The Morgan fingerprint density at radius 2 is 1.95 bits per heavy atom. The average molecular weight is 286 g/mol. The Balaban J connectivity index is 2.84. The van der Waals surface area contributed by atoms with Crippen molar-refractivity contribution in [1.29, 1.82) is 0 Å². The first kappa shape index (κ1) is 15.6. The highest BCUT2D eigenvalue weighted by Gasteiger charge is 2.19. The van der Waals surface area contributed by atoms with E-state index in [2.05, 4.69) is 9.44 Å². The number of aliphatic carboxylic acids is 1. The zero-order valence-corrected chi connectivity index (χ0v) is 11.5. The Morgan fingerprint density at radius 1 is 1.32 bits per heavy atom. The second-order valence-electron chi connectivity index (χ2n) is 4.01. The van der Waals surface area contributed by atoms with Gasteiger partial charge in [-0.25, -0.2) is 4.72 Å². The summed E-state index contributed by atoms with van der Waals surface area (Å²) in [4.78, 5) is 10.6. The van der Waals surface area contributed by atoms with Crippen LogP contribution in [0, 0.1) is 0 Å². The summed E-state index contributed by atoms with van der Waals surface area (Å²) in [6.45, 7) is 1.95. The first-order valence-corrected chi connectivity index (χ1v) is 7.46. The maximum Gasteiger partial charge on any atom is 0.303 e. The van der Waals surface area contributed by atoms with Gasteiger partial charge in [-0.15, -0.1) is 0 Å². The first-order chi connectivity index (χ1) is 8.94. The number of nitrogens with one attached hydrogen (secondary N) is 2. The van der Waals surface area contributed by atoms with Crippen molar-refractivity contribution in [2.45, 2.75) is 25.8 Å². The first-order valence-electron chi connectivity index (χ1n) is 5.98. The van der Waals surface area contributed by atoms with E-state index in [9.17, 15) is 13.2 Å². The standard InChI is InChI=1S/C12H18N2O4S/c1-2-13-19(17,18)14-11(8-9-12(15)16)10-6-4-3-5-7-10/h3-7,11,13-14H,2,8-9H2,1H3,(H,15,16). The van der Waals surface area contributed by atoms with Gasteiger partial charge in [0, 0.05) is 19.0 Å². The molecular formula is C12H18N2O4S. The van der Waals surface area contributed by atoms with Gasteiger partial charge in [0.05, 0.1) is 0 Å². The topological polar surface area (TPSA) is 95.5 Å². The van der Waals surface area contributed by atoms with E-state index < -0.39 is 22.2 Å². The molecule has 0 aromatic heterocycles. The van der Waals surface area contributed by atoms with Gasteiger partial charge >= 0.3 is 5.97 Å². The molecule has 6 nitrogen and oxygen atoms in total. The van der Waals surface area contributed by atoms with Crippen LogP contribution in [0.4, 0.5) is 0 Å². The molecule has 1 unspecified atom stereocenters. The van der Waals surface area contributed by atoms with E-state index in [4.69, 9.17) is 5.11 Å². The Hall–Kier alpha value is -1.44. The Bertz CT molecular complexity index is 502. The summed E-state index contributed by atoms with van der Waals surface area (Å²) >= 11 is 0. The SMILES string of the molecule is CCNS(=O)(=O)NC(CCC(=O)O)c1ccccc1. The minimum Gasteiger partial charge on any atom is -0.481 e. The summed E-state index contributed by atoms with van der Waals surface area (Å²) in [5.74, 6) is -0.955. The van der Waals surface area contributed by atoms with E-state index in [1.807, 2.05) is 6.07 Å². The predicted octanol–water partition coefficient (Wildman–Crippen LogP) is 1.04. The lowest BCUT2D eigenvalue weighted by molar-refractivity contribution is -0.137. The number of hydrogen-bond acceptors (Lipinski definition) is 3. The Labute approximate surface area is 113 Å². The zero-order chi connectivity index (χ0) is 14.3. The van der Waals surface area contributed by atoms with Crippen molar-refractivity contribution in [1.82, 2.24) is 9.44 Å².